The van der Waals surface area contributed by atoms with Crippen LogP contribution in [-0.2, 0) is 14.8 Å². The second-order valence-corrected chi connectivity index (χ2v) is 9.66. The molecule has 0 heterocycles. The van der Waals surface area contributed by atoms with E-state index in [-0.39, 0.29) is 16.5 Å². The summed E-state index contributed by atoms with van der Waals surface area (Å²) in [6, 6.07) is 5.38. The summed E-state index contributed by atoms with van der Waals surface area (Å²) < 4.78 is 26.2. The highest BCUT2D eigenvalue weighted by atomic mass is 32.2. The van der Waals surface area contributed by atoms with Crippen LogP contribution in [0.15, 0.2) is 29.2 Å². The molecule has 1 saturated carbocycles. The van der Waals surface area contributed by atoms with Gasteiger partial charge in [0.25, 0.3) is 5.91 Å². The average molecular weight is 397 g/mol. The summed E-state index contributed by atoms with van der Waals surface area (Å²) in [5, 5.41) is 12.3. The lowest BCUT2D eigenvalue weighted by atomic mass is 9.77. The second kappa shape index (κ2) is 7.98. The maximum atomic E-state index is 12.6. The summed E-state index contributed by atoms with van der Waals surface area (Å²) in [4.78, 5) is 24.4. The van der Waals surface area contributed by atoms with Crippen molar-refractivity contribution in [2.24, 2.45) is 5.92 Å². The van der Waals surface area contributed by atoms with Crippen molar-refractivity contribution >= 4 is 21.9 Å². The highest BCUT2D eigenvalue weighted by Crippen LogP contribution is 2.32. The largest absolute Gasteiger partial charge is 0.480 e. The molecule has 27 heavy (non-hydrogen) atoms. The SMILES string of the molecule is CC1CCC(NC(=O)c2ccc(S(=O)(=O)N(C)C(C)C)cc2)(C(=O)O)CC1. The summed E-state index contributed by atoms with van der Waals surface area (Å²) in [7, 11) is -2.13. The Morgan fingerprint density at radius 2 is 1.70 bits per heavy atom. The van der Waals surface area contributed by atoms with Crippen molar-refractivity contribution in [1.29, 1.82) is 0 Å². The molecule has 1 aromatic rings. The molecule has 2 N–H and O–H groups in total. The van der Waals surface area contributed by atoms with E-state index < -0.39 is 27.4 Å². The van der Waals surface area contributed by atoms with Gasteiger partial charge in [0.2, 0.25) is 10.0 Å². The van der Waals surface area contributed by atoms with Crippen molar-refractivity contribution in [2.75, 3.05) is 7.05 Å². The minimum absolute atomic E-state index is 0.0923. The van der Waals surface area contributed by atoms with Crippen molar-refractivity contribution in [3.63, 3.8) is 0 Å². The summed E-state index contributed by atoms with van der Waals surface area (Å²) in [5.41, 5.74) is -1.02. The molecule has 150 valence electrons. The molecule has 1 aliphatic rings. The summed E-state index contributed by atoms with van der Waals surface area (Å²) >= 11 is 0. The van der Waals surface area contributed by atoms with Gasteiger partial charge in [-0.1, -0.05) is 6.92 Å². The average Bonchev–Trinajstić information content (AvgIpc) is 2.62. The molecule has 0 atom stereocenters. The number of hydrogen-bond acceptors (Lipinski definition) is 4. The van der Waals surface area contributed by atoms with Gasteiger partial charge < -0.3 is 10.4 Å². The molecule has 0 bridgehead atoms. The first-order valence-electron chi connectivity index (χ1n) is 9.13. The molecule has 0 aliphatic heterocycles. The number of carbonyl (C=O) groups is 2. The highest BCUT2D eigenvalue weighted by Gasteiger charge is 2.42. The van der Waals surface area contributed by atoms with Gasteiger partial charge in [-0.2, -0.15) is 4.31 Å². The minimum atomic E-state index is -3.63. The number of aliphatic carboxylic acids is 1. The Labute approximate surface area is 160 Å². The Kier molecular flexibility index (Phi) is 6.32. The fraction of sp³-hybridized carbons (Fsp3) is 0.579. The molecule has 1 amide bonds. The van der Waals surface area contributed by atoms with E-state index in [2.05, 4.69) is 12.2 Å². The third-order valence-corrected chi connectivity index (χ3v) is 7.46. The van der Waals surface area contributed by atoms with Gasteiger partial charge >= 0.3 is 5.97 Å². The lowest BCUT2D eigenvalue weighted by Gasteiger charge is -2.36. The first-order valence-corrected chi connectivity index (χ1v) is 10.6. The first-order chi connectivity index (χ1) is 12.5. The maximum absolute atomic E-state index is 12.6. The van der Waals surface area contributed by atoms with E-state index in [0.717, 1.165) is 12.8 Å². The van der Waals surface area contributed by atoms with E-state index in [1.165, 1.54) is 35.6 Å². The molecule has 1 aliphatic carbocycles. The summed E-state index contributed by atoms with van der Waals surface area (Å²) in [5.74, 6) is -1.09. The fourth-order valence-electron chi connectivity index (χ4n) is 3.16. The zero-order valence-electron chi connectivity index (χ0n) is 16.2. The monoisotopic (exact) mass is 396 g/mol. The van der Waals surface area contributed by atoms with Crippen molar-refractivity contribution < 1.29 is 23.1 Å². The third-order valence-electron chi connectivity index (χ3n) is 5.41. The Bertz CT molecular complexity index is 794. The van der Waals surface area contributed by atoms with Crippen LogP contribution in [0.5, 0.6) is 0 Å². The quantitative estimate of drug-likeness (QED) is 0.769. The van der Waals surface area contributed by atoms with Crippen LogP contribution in [-0.4, -0.2) is 48.3 Å². The van der Waals surface area contributed by atoms with Crippen LogP contribution in [0.4, 0.5) is 0 Å². The second-order valence-electron chi connectivity index (χ2n) is 7.66. The molecule has 0 aromatic heterocycles. The molecule has 2 rings (SSSR count). The molecule has 0 spiro atoms. The van der Waals surface area contributed by atoms with E-state index in [4.69, 9.17) is 0 Å². The molecule has 1 aromatic carbocycles. The lowest BCUT2D eigenvalue weighted by molar-refractivity contribution is -0.146. The molecule has 0 radical (unpaired) electrons. The van der Waals surface area contributed by atoms with Crippen LogP contribution in [0.1, 0.15) is 56.8 Å². The lowest BCUT2D eigenvalue weighted by Crippen LogP contribution is -2.56. The zero-order valence-corrected chi connectivity index (χ0v) is 17.0. The van der Waals surface area contributed by atoms with E-state index >= 15 is 0 Å². The van der Waals surface area contributed by atoms with E-state index in [1.807, 2.05) is 0 Å². The standard InChI is InChI=1S/C19H28N2O5S/c1-13(2)21(4)27(25,26)16-7-5-15(6-8-16)17(22)20-19(18(23)24)11-9-14(3)10-12-19/h5-8,13-14H,9-12H2,1-4H3,(H,20,22)(H,23,24). The van der Waals surface area contributed by atoms with Gasteiger partial charge in [0, 0.05) is 18.7 Å². The molecule has 0 unspecified atom stereocenters. The number of carboxylic acids is 1. The van der Waals surface area contributed by atoms with Crippen molar-refractivity contribution in [3.05, 3.63) is 29.8 Å². The van der Waals surface area contributed by atoms with Crippen LogP contribution in [0.2, 0.25) is 0 Å². The number of carboxylic acid groups (broad SMARTS) is 1. The Morgan fingerprint density at radius 3 is 2.15 bits per heavy atom. The molecular formula is C19H28N2O5S. The summed E-state index contributed by atoms with van der Waals surface area (Å²) in [6.07, 6.45) is 2.26. The van der Waals surface area contributed by atoms with Gasteiger partial charge in [-0.3, -0.25) is 4.79 Å². The van der Waals surface area contributed by atoms with Crippen LogP contribution in [0.25, 0.3) is 0 Å². The van der Waals surface area contributed by atoms with Crippen molar-refractivity contribution in [2.45, 2.75) is 62.9 Å². The van der Waals surface area contributed by atoms with Gasteiger partial charge in [0.1, 0.15) is 5.54 Å². The number of hydrogen-bond donors (Lipinski definition) is 2. The van der Waals surface area contributed by atoms with Crippen LogP contribution in [0, 0.1) is 5.92 Å². The van der Waals surface area contributed by atoms with Crippen molar-refractivity contribution in [1.82, 2.24) is 9.62 Å². The van der Waals surface area contributed by atoms with Gasteiger partial charge in [-0.05, 0) is 69.7 Å². The van der Waals surface area contributed by atoms with E-state index in [1.54, 1.807) is 13.8 Å². The van der Waals surface area contributed by atoms with E-state index in [0.29, 0.717) is 18.8 Å². The van der Waals surface area contributed by atoms with Crippen LogP contribution >= 0.6 is 0 Å². The maximum Gasteiger partial charge on any atom is 0.329 e. The Morgan fingerprint density at radius 1 is 1.19 bits per heavy atom. The highest BCUT2D eigenvalue weighted by molar-refractivity contribution is 7.89. The smallest absolute Gasteiger partial charge is 0.329 e. The molecule has 7 nitrogen and oxygen atoms in total. The van der Waals surface area contributed by atoms with Gasteiger partial charge in [0.05, 0.1) is 4.90 Å². The number of nitrogens with zero attached hydrogens (tertiary/aromatic N) is 1. The minimum Gasteiger partial charge on any atom is -0.480 e. The van der Waals surface area contributed by atoms with Crippen LogP contribution < -0.4 is 5.32 Å². The normalized spacial score (nSPS) is 23.4. The summed E-state index contributed by atoms with van der Waals surface area (Å²) in [6.45, 7) is 5.62. The first kappa shape index (κ1) is 21.4. The molecule has 1 fully saturated rings. The number of sulfonamides is 1. The van der Waals surface area contributed by atoms with Gasteiger partial charge in [0.15, 0.2) is 0 Å². The van der Waals surface area contributed by atoms with Gasteiger partial charge in [-0.25, -0.2) is 13.2 Å². The number of amides is 1. The Balaban J connectivity index is 2.19. The predicted molar refractivity (Wildman–Crippen MR) is 102 cm³/mol. The molecule has 0 saturated heterocycles. The van der Waals surface area contributed by atoms with Crippen LogP contribution in [0.3, 0.4) is 0 Å². The van der Waals surface area contributed by atoms with Crippen molar-refractivity contribution in [3.8, 4) is 0 Å². The molecule has 8 heteroatoms. The van der Waals surface area contributed by atoms with E-state index in [9.17, 15) is 23.1 Å². The number of nitrogens with one attached hydrogen (secondary N) is 1. The van der Waals surface area contributed by atoms with Gasteiger partial charge in [-0.15, -0.1) is 0 Å². The number of carbonyl (C=O) groups excluding carboxylic acids is 1. The third kappa shape index (κ3) is 4.50. The topological polar surface area (TPSA) is 104 Å². The predicted octanol–water partition coefficient (Wildman–Crippen LogP) is 2.48. The molecular weight excluding hydrogens is 368 g/mol. The Hall–Kier alpha value is -1.93. The zero-order chi connectivity index (χ0) is 20.4. The number of rotatable bonds is 6. The number of benzene rings is 1. The fourth-order valence-corrected chi connectivity index (χ4v) is 4.53.